The molecule has 0 saturated heterocycles. The van der Waals surface area contributed by atoms with Gasteiger partial charge in [0.1, 0.15) is 13.7 Å². The summed E-state index contributed by atoms with van der Waals surface area (Å²) in [5.74, 6) is -0.627. The molecule has 2 aromatic carbocycles. The lowest BCUT2D eigenvalue weighted by molar-refractivity contribution is -0.384. The highest BCUT2D eigenvalue weighted by Gasteiger charge is 2.14. The Balaban J connectivity index is 2.20. The number of carbonyl (C=O) groups excluding carboxylic acids is 1. The van der Waals surface area contributed by atoms with Crippen LogP contribution in [0.25, 0.3) is 0 Å². The molecule has 7 heteroatoms. The number of rotatable bonds is 6. The van der Waals surface area contributed by atoms with Gasteiger partial charge in [-0.1, -0.05) is 28.9 Å². The first-order chi connectivity index (χ1) is 11.9. The lowest BCUT2D eigenvalue weighted by atomic mass is 10.00. The van der Waals surface area contributed by atoms with Gasteiger partial charge in [-0.05, 0) is 31.0 Å². The maximum absolute atomic E-state index is 12.2. The molecule has 0 saturated carbocycles. The summed E-state index contributed by atoms with van der Waals surface area (Å²) >= 11 is 0. The van der Waals surface area contributed by atoms with Crippen LogP contribution in [0.3, 0.4) is 0 Å². The zero-order valence-corrected chi connectivity index (χ0v) is 14.2. The molecule has 0 fully saturated rings. The minimum absolute atomic E-state index is 0.0229. The van der Waals surface area contributed by atoms with Crippen molar-refractivity contribution >= 4 is 17.9 Å². The van der Waals surface area contributed by atoms with Crippen molar-refractivity contribution in [2.24, 2.45) is 5.16 Å². The molecule has 0 aromatic heterocycles. The number of esters is 1. The fourth-order valence-electron chi connectivity index (χ4n) is 2.45. The molecule has 0 N–H and O–H groups in total. The number of ether oxygens (including phenoxy) is 1. The first-order valence-electron chi connectivity index (χ1n) is 7.50. The van der Waals surface area contributed by atoms with E-state index in [0.29, 0.717) is 0 Å². The standard InChI is InChI=1S/C18H18N2O5/c1-12-7-13(2)17(10-19-24-3)15(8-12)11-25-18(21)14-5-4-6-16(9-14)20(22)23/h4-10H,11H2,1-3H3/b19-10+. The minimum atomic E-state index is -0.627. The Hall–Kier alpha value is -3.22. The molecule has 25 heavy (non-hydrogen) atoms. The molecule has 7 nitrogen and oxygen atoms in total. The van der Waals surface area contributed by atoms with Crippen LogP contribution in [-0.2, 0) is 16.2 Å². The molecule has 2 rings (SSSR count). The summed E-state index contributed by atoms with van der Waals surface area (Å²) < 4.78 is 5.32. The maximum Gasteiger partial charge on any atom is 0.338 e. The number of oxime groups is 1. The normalized spacial score (nSPS) is 10.7. The van der Waals surface area contributed by atoms with Crippen LogP contribution in [-0.4, -0.2) is 24.2 Å². The van der Waals surface area contributed by atoms with Gasteiger partial charge in [-0.25, -0.2) is 4.79 Å². The lowest BCUT2D eigenvalue weighted by Gasteiger charge is -2.11. The third-order valence-electron chi connectivity index (χ3n) is 3.56. The van der Waals surface area contributed by atoms with Crippen molar-refractivity contribution in [3.8, 4) is 0 Å². The van der Waals surface area contributed by atoms with Gasteiger partial charge in [0.25, 0.3) is 5.69 Å². The maximum atomic E-state index is 12.2. The number of benzene rings is 2. The van der Waals surface area contributed by atoms with E-state index in [0.717, 1.165) is 22.3 Å². The molecule has 0 aliphatic rings. The quantitative estimate of drug-likeness (QED) is 0.346. The number of hydrogen-bond donors (Lipinski definition) is 0. The van der Waals surface area contributed by atoms with E-state index in [1.54, 1.807) is 6.21 Å². The van der Waals surface area contributed by atoms with E-state index < -0.39 is 10.9 Å². The van der Waals surface area contributed by atoms with Gasteiger partial charge < -0.3 is 9.57 Å². The zero-order valence-electron chi connectivity index (χ0n) is 14.2. The van der Waals surface area contributed by atoms with E-state index in [1.807, 2.05) is 26.0 Å². The second-order valence-corrected chi connectivity index (χ2v) is 5.46. The molecule has 0 aliphatic heterocycles. The highest BCUT2D eigenvalue weighted by atomic mass is 16.6. The van der Waals surface area contributed by atoms with E-state index in [1.165, 1.54) is 31.4 Å². The van der Waals surface area contributed by atoms with Gasteiger partial charge in [0.15, 0.2) is 0 Å². The van der Waals surface area contributed by atoms with E-state index in [-0.39, 0.29) is 17.9 Å². The van der Waals surface area contributed by atoms with Crippen LogP contribution in [0.15, 0.2) is 41.6 Å². The summed E-state index contributed by atoms with van der Waals surface area (Å²) in [6, 6.07) is 9.32. The van der Waals surface area contributed by atoms with Gasteiger partial charge >= 0.3 is 5.97 Å². The predicted molar refractivity (Wildman–Crippen MR) is 92.7 cm³/mol. The van der Waals surface area contributed by atoms with Gasteiger partial charge in [0.05, 0.1) is 16.7 Å². The molecule has 0 heterocycles. The van der Waals surface area contributed by atoms with Crippen LogP contribution in [0.5, 0.6) is 0 Å². The fraction of sp³-hybridized carbons (Fsp3) is 0.222. The molecule has 0 radical (unpaired) electrons. The average molecular weight is 342 g/mol. The molecular formula is C18H18N2O5. The molecule has 0 aliphatic carbocycles. The Morgan fingerprint density at radius 3 is 2.72 bits per heavy atom. The third-order valence-corrected chi connectivity index (χ3v) is 3.56. The average Bonchev–Trinajstić information content (AvgIpc) is 2.58. The monoisotopic (exact) mass is 342 g/mol. The van der Waals surface area contributed by atoms with Crippen molar-refractivity contribution in [3.63, 3.8) is 0 Å². The van der Waals surface area contributed by atoms with Crippen molar-refractivity contribution in [3.05, 3.63) is 74.3 Å². The van der Waals surface area contributed by atoms with Gasteiger partial charge in [-0.15, -0.1) is 0 Å². The number of nitro benzene ring substituents is 1. The predicted octanol–water partition coefficient (Wildman–Crippen LogP) is 3.55. The number of hydrogen-bond acceptors (Lipinski definition) is 6. The van der Waals surface area contributed by atoms with Gasteiger partial charge in [0, 0.05) is 17.7 Å². The number of nitrogens with zero attached hydrogens (tertiary/aromatic N) is 2. The van der Waals surface area contributed by atoms with Crippen molar-refractivity contribution in [2.45, 2.75) is 20.5 Å². The SMILES string of the molecule is CO/N=C/c1c(C)cc(C)cc1COC(=O)c1cccc([N+](=O)[O-])c1. The number of carbonyl (C=O) groups is 1. The molecule has 0 atom stereocenters. The summed E-state index contributed by atoms with van der Waals surface area (Å²) in [5, 5.41) is 14.6. The highest BCUT2D eigenvalue weighted by Crippen LogP contribution is 2.18. The number of aryl methyl sites for hydroxylation is 2. The first-order valence-corrected chi connectivity index (χ1v) is 7.50. The van der Waals surface area contributed by atoms with E-state index in [2.05, 4.69) is 5.16 Å². The molecule has 0 amide bonds. The van der Waals surface area contributed by atoms with E-state index in [4.69, 9.17) is 9.57 Å². The largest absolute Gasteiger partial charge is 0.457 e. The smallest absolute Gasteiger partial charge is 0.338 e. The molecule has 2 aromatic rings. The minimum Gasteiger partial charge on any atom is -0.457 e. The second kappa shape index (κ2) is 8.05. The molecule has 0 bridgehead atoms. The Labute approximate surface area is 145 Å². The Bertz CT molecular complexity index is 830. The lowest BCUT2D eigenvalue weighted by Crippen LogP contribution is -2.08. The van der Waals surface area contributed by atoms with Crippen molar-refractivity contribution < 1.29 is 19.3 Å². The van der Waals surface area contributed by atoms with E-state index >= 15 is 0 Å². The van der Waals surface area contributed by atoms with Crippen LogP contribution in [0.4, 0.5) is 5.69 Å². The van der Waals surface area contributed by atoms with Crippen LogP contribution in [0.1, 0.15) is 32.6 Å². The van der Waals surface area contributed by atoms with Crippen LogP contribution < -0.4 is 0 Å². The molecule has 0 spiro atoms. The third kappa shape index (κ3) is 4.63. The summed E-state index contributed by atoms with van der Waals surface area (Å²) in [6.07, 6.45) is 1.56. The van der Waals surface area contributed by atoms with Crippen molar-refractivity contribution in [1.82, 2.24) is 0 Å². The van der Waals surface area contributed by atoms with Crippen LogP contribution in [0.2, 0.25) is 0 Å². The second-order valence-electron chi connectivity index (χ2n) is 5.46. The Morgan fingerprint density at radius 2 is 2.04 bits per heavy atom. The topological polar surface area (TPSA) is 91.0 Å². The van der Waals surface area contributed by atoms with Crippen molar-refractivity contribution in [2.75, 3.05) is 7.11 Å². The molecular weight excluding hydrogens is 324 g/mol. The summed E-state index contributed by atoms with van der Waals surface area (Å²) in [6.45, 7) is 3.89. The molecule has 0 unspecified atom stereocenters. The zero-order chi connectivity index (χ0) is 18.4. The van der Waals surface area contributed by atoms with Gasteiger partial charge in [-0.2, -0.15) is 0 Å². The summed E-state index contributed by atoms with van der Waals surface area (Å²) in [4.78, 5) is 27.1. The van der Waals surface area contributed by atoms with Crippen LogP contribution in [0, 0.1) is 24.0 Å². The van der Waals surface area contributed by atoms with Gasteiger partial charge in [-0.3, -0.25) is 10.1 Å². The number of nitro groups is 1. The summed E-state index contributed by atoms with van der Waals surface area (Å²) in [7, 11) is 1.45. The Kier molecular flexibility index (Phi) is 5.84. The fourth-order valence-corrected chi connectivity index (χ4v) is 2.45. The number of non-ortho nitro benzene ring substituents is 1. The van der Waals surface area contributed by atoms with Crippen molar-refractivity contribution in [1.29, 1.82) is 0 Å². The highest BCUT2D eigenvalue weighted by molar-refractivity contribution is 5.90. The Morgan fingerprint density at radius 1 is 1.28 bits per heavy atom. The van der Waals surface area contributed by atoms with Gasteiger partial charge in [0.2, 0.25) is 0 Å². The van der Waals surface area contributed by atoms with E-state index in [9.17, 15) is 14.9 Å². The first kappa shape index (κ1) is 18.1. The molecule has 130 valence electrons. The van der Waals surface area contributed by atoms with Crippen LogP contribution >= 0.6 is 0 Å². The summed E-state index contributed by atoms with van der Waals surface area (Å²) in [5.41, 5.74) is 3.55.